The molecule has 0 aliphatic carbocycles. The first-order valence-electron chi connectivity index (χ1n) is 8.76. The van der Waals surface area contributed by atoms with Gasteiger partial charge in [0.1, 0.15) is 0 Å². The number of carbonyl (C=O) groups is 1. The lowest BCUT2D eigenvalue weighted by Gasteiger charge is -2.32. The summed E-state index contributed by atoms with van der Waals surface area (Å²) in [6.07, 6.45) is 1.03. The second-order valence-corrected chi connectivity index (χ2v) is 6.83. The van der Waals surface area contributed by atoms with E-state index in [1.807, 2.05) is 23.1 Å². The number of benzene rings is 2. The van der Waals surface area contributed by atoms with Crippen LogP contribution in [0.3, 0.4) is 0 Å². The molecule has 2 aromatic carbocycles. The van der Waals surface area contributed by atoms with Crippen molar-refractivity contribution in [2.45, 2.75) is 39.4 Å². The predicted octanol–water partition coefficient (Wildman–Crippen LogP) is 3.48. The van der Waals surface area contributed by atoms with Crippen molar-refractivity contribution in [1.82, 2.24) is 9.80 Å². The smallest absolute Gasteiger partial charge is 0.237 e. The average Bonchev–Trinajstić information content (AvgIpc) is 2.60. The summed E-state index contributed by atoms with van der Waals surface area (Å²) in [5, 5.41) is 0. The van der Waals surface area contributed by atoms with E-state index < -0.39 is 0 Å². The number of nitrogens with zero attached hydrogens (tertiary/aromatic N) is 2. The van der Waals surface area contributed by atoms with Gasteiger partial charge in [0.25, 0.3) is 0 Å². The Morgan fingerprint density at radius 2 is 1.71 bits per heavy atom. The third-order valence-corrected chi connectivity index (χ3v) is 4.71. The number of rotatable bonds is 5. The van der Waals surface area contributed by atoms with E-state index in [0.29, 0.717) is 13.1 Å². The van der Waals surface area contributed by atoms with Gasteiger partial charge in [-0.15, -0.1) is 0 Å². The van der Waals surface area contributed by atoms with E-state index in [9.17, 15) is 4.79 Å². The molecule has 0 fully saturated rings. The highest BCUT2D eigenvalue weighted by Gasteiger charge is 2.22. The molecule has 1 aliphatic rings. The summed E-state index contributed by atoms with van der Waals surface area (Å²) >= 11 is 0. The van der Waals surface area contributed by atoms with E-state index >= 15 is 0 Å². The van der Waals surface area contributed by atoms with Gasteiger partial charge in [-0.1, -0.05) is 54.6 Å². The van der Waals surface area contributed by atoms with Gasteiger partial charge in [0.05, 0.1) is 6.54 Å². The van der Waals surface area contributed by atoms with Gasteiger partial charge in [-0.2, -0.15) is 0 Å². The standard InChI is InChI=1S/C21H26N2O/c1-17(2)23(14-18-8-4-3-5-9-18)21(24)16-22-13-12-19-10-6-7-11-20(19)15-22/h3-11,17H,12-16H2,1-2H3. The molecule has 1 heterocycles. The number of hydrogen-bond acceptors (Lipinski definition) is 2. The number of amides is 1. The van der Waals surface area contributed by atoms with Gasteiger partial charge in [-0.05, 0) is 37.0 Å². The maximum absolute atomic E-state index is 12.9. The Kier molecular flexibility index (Phi) is 5.31. The summed E-state index contributed by atoms with van der Waals surface area (Å²) in [6.45, 7) is 7.19. The van der Waals surface area contributed by atoms with E-state index in [4.69, 9.17) is 0 Å². The molecular formula is C21H26N2O. The minimum absolute atomic E-state index is 0.204. The zero-order valence-electron chi connectivity index (χ0n) is 14.6. The van der Waals surface area contributed by atoms with Crippen molar-refractivity contribution >= 4 is 5.91 Å². The molecule has 0 atom stereocenters. The average molecular weight is 322 g/mol. The van der Waals surface area contributed by atoms with Crippen LogP contribution in [-0.2, 0) is 24.3 Å². The number of hydrogen-bond donors (Lipinski definition) is 0. The minimum Gasteiger partial charge on any atom is -0.335 e. The Bertz CT molecular complexity index is 681. The third kappa shape index (κ3) is 4.04. The van der Waals surface area contributed by atoms with Crippen LogP contribution in [0.25, 0.3) is 0 Å². The molecule has 0 saturated carbocycles. The predicted molar refractivity (Wildman–Crippen MR) is 97.6 cm³/mol. The fourth-order valence-electron chi connectivity index (χ4n) is 3.31. The van der Waals surface area contributed by atoms with Gasteiger partial charge in [0.15, 0.2) is 0 Å². The quantitative estimate of drug-likeness (QED) is 0.841. The Hall–Kier alpha value is -2.13. The molecule has 0 aromatic heterocycles. The molecule has 126 valence electrons. The summed E-state index contributed by atoms with van der Waals surface area (Å²) in [5.74, 6) is 0.216. The zero-order chi connectivity index (χ0) is 16.9. The Labute approximate surface area is 144 Å². The minimum atomic E-state index is 0.204. The number of carbonyl (C=O) groups excluding carboxylic acids is 1. The summed E-state index contributed by atoms with van der Waals surface area (Å²) < 4.78 is 0. The molecule has 2 aromatic rings. The molecule has 0 saturated heterocycles. The fourth-order valence-corrected chi connectivity index (χ4v) is 3.31. The van der Waals surface area contributed by atoms with Gasteiger partial charge in [0, 0.05) is 25.7 Å². The van der Waals surface area contributed by atoms with E-state index in [1.54, 1.807) is 0 Å². The van der Waals surface area contributed by atoms with Gasteiger partial charge >= 0.3 is 0 Å². The van der Waals surface area contributed by atoms with E-state index in [2.05, 4.69) is 55.1 Å². The maximum atomic E-state index is 12.9. The molecule has 1 aliphatic heterocycles. The number of fused-ring (bicyclic) bond motifs is 1. The molecule has 0 N–H and O–H groups in total. The van der Waals surface area contributed by atoms with Crippen LogP contribution < -0.4 is 0 Å². The van der Waals surface area contributed by atoms with Crippen LogP contribution in [0.15, 0.2) is 54.6 Å². The van der Waals surface area contributed by atoms with Crippen molar-refractivity contribution in [1.29, 1.82) is 0 Å². The Balaban J connectivity index is 1.64. The van der Waals surface area contributed by atoms with Crippen molar-refractivity contribution in [3.63, 3.8) is 0 Å². The van der Waals surface area contributed by atoms with Crippen molar-refractivity contribution in [2.24, 2.45) is 0 Å². The highest BCUT2D eigenvalue weighted by atomic mass is 16.2. The highest BCUT2D eigenvalue weighted by molar-refractivity contribution is 5.78. The first kappa shape index (κ1) is 16.7. The molecule has 0 unspecified atom stereocenters. The molecule has 0 radical (unpaired) electrons. The molecule has 24 heavy (non-hydrogen) atoms. The highest BCUT2D eigenvalue weighted by Crippen LogP contribution is 2.19. The van der Waals surface area contributed by atoms with Crippen LogP contribution in [0.5, 0.6) is 0 Å². The second-order valence-electron chi connectivity index (χ2n) is 6.83. The lowest BCUT2D eigenvalue weighted by atomic mass is 10.00. The van der Waals surface area contributed by atoms with Crippen molar-refractivity contribution in [3.05, 3.63) is 71.3 Å². The summed E-state index contributed by atoms with van der Waals surface area (Å²) in [7, 11) is 0. The van der Waals surface area contributed by atoms with Crippen LogP contribution in [0.1, 0.15) is 30.5 Å². The molecular weight excluding hydrogens is 296 g/mol. The van der Waals surface area contributed by atoms with Gasteiger partial charge in [0.2, 0.25) is 5.91 Å². The molecule has 3 heteroatoms. The first-order valence-corrected chi connectivity index (χ1v) is 8.76. The van der Waals surface area contributed by atoms with E-state index in [0.717, 1.165) is 19.5 Å². The normalized spacial score (nSPS) is 14.5. The van der Waals surface area contributed by atoms with E-state index in [1.165, 1.54) is 16.7 Å². The summed E-state index contributed by atoms with van der Waals surface area (Å²) in [6, 6.07) is 19.0. The third-order valence-electron chi connectivity index (χ3n) is 4.71. The summed E-state index contributed by atoms with van der Waals surface area (Å²) in [5.41, 5.74) is 3.96. The largest absolute Gasteiger partial charge is 0.335 e. The van der Waals surface area contributed by atoms with Crippen LogP contribution in [0.4, 0.5) is 0 Å². The van der Waals surface area contributed by atoms with Crippen LogP contribution in [0, 0.1) is 0 Å². The SMILES string of the molecule is CC(C)N(Cc1ccccc1)C(=O)CN1CCc2ccccc2C1. The molecule has 0 bridgehead atoms. The zero-order valence-corrected chi connectivity index (χ0v) is 14.6. The molecule has 1 amide bonds. The first-order chi connectivity index (χ1) is 11.6. The summed E-state index contributed by atoms with van der Waals surface area (Å²) in [4.78, 5) is 17.1. The molecule has 0 spiro atoms. The van der Waals surface area contributed by atoms with Gasteiger partial charge in [-0.25, -0.2) is 0 Å². The fraction of sp³-hybridized carbons (Fsp3) is 0.381. The maximum Gasteiger partial charge on any atom is 0.237 e. The van der Waals surface area contributed by atoms with Crippen LogP contribution in [-0.4, -0.2) is 34.8 Å². The second kappa shape index (κ2) is 7.63. The lowest BCUT2D eigenvalue weighted by Crippen LogP contribution is -2.44. The van der Waals surface area contributed by atoms with Crippen LogP contribution >= 0.6 is 0 Å². The van der Waals surface area contributed by atoms with Crippen molar-refractivity contribution in [2.75, 3.05) is 13.1 Å². The van der Waals surface area contributed by atoms with Crippen molar-refractivity contribution in [3.8, 4) is 0 Å². The monoisotopic (exact) mass is 322 g/mol. The van der Waals surface area contributed by atoms with Crippen molar-refractivity contribution < 1.29 is 4.79 Å². The van der Waals surface area contributed by atoms with Gasteiger partial charge < -0.3 is 4.90 Å². The van der Waals surface area contributed by atoms with Gasteiger partial charge in [-0.3, -0.25) is 9.69 Å². The Morgan fingerprint density at radius 3 is 2.42 bits per heavy atom. The molecule has 3 nitrogen and oxygen atoms in total. The lowest BCUT2D eigenvalue weighted by molar-refractivity contribution is -0.135. The van der Waals surface area contributed by atoms with E-state index in [-0.39, 0.29) is 11.9 Å². The van der Waals surface area contributed by atoms with Crippen LogP contribution in [0.2, 0.25) is 0 Å². The molecule has 3 rings (SSSR count). The Morgan fingerprint density at radius 1 is 1.04 bits per heavy atom. The topological polar surface area (TPSA) is 23.6 Å².